The molecule has 1 atom stereocenters. The Labute approximate surface area is 174 Å². The van der Waals surface area contributed by atoms with Crippen LogP contribution in [-0.2, 0) is 30.6 Å². The summed E-state index contributed by atoms with van der Waals surface area (Å²) < 4.78 is 6.95. The maximum absolute atomic E-state index is 13.5. The number of ether oxygens (including phenoxy) is 1. The third-order valence-electron chi connectivity index (χ3n) is 5.70. The molecule has 3 aromatic rings. The van der Waals surface area contributed by atoms with E-state index in [4.69, 9.17) is 9.72 Å². The summed E-state index contributed by atoms with van der Waals surface area (Å²) in [7, 11) is 1.64. The summed E-state index contributed by atoms with van der Waals surface area (Å²) in [5, 5.41) is 0.777. The lowest BCUT2D eigenvalue weighted by Crippen LogP contribution is -2.27. The quantitative estimate of drug-likeness (QED) is 0.612. The number of fused-ring (bicyclic) bond motifs is 3. The first-order valence-corrected chi connectivity index (χ1v) is 10.9. The highest BCUT2D eigenvalue weighted by molar-refractivity contribution is 7.18. The number of hydrogen-bond acceptors (Lipinski definition) is 5. The number of benzene rings is 1. The van der Waals surface area contributed by atoms with Crippen LogP contribution in [0.2, 0.25) is 0 Å². The van der Waals surface area contributed by atoms with Gasteiger partial charge < -0.3 is 4.74 Å². The van der Waals surface area contributed by atoms with Gasteiger partial charge in [0.1, 0.15) is 22.2 Å². The van der Waals surface area contributed by atoms with Gasteiger partial charge in [0.2, 0.25) is 0 Å². The lowest BCUT2D eigenvalue weighted by molar-refractivity contribution is -0.117. The average molecular weight is 411 g/mol. The molecule has 1 aliphatic rings. The zero-order chi connectivity index (χ0) is 20.5. The molecule has 1 aliphatic carbocycles. The van der Waals surface area contributed by atoms with Crippen LogP contribution in [0.4, 0.5) is 0 Å². The number of Topliss-reactive ketones (excluding diaryl/α,β-unsaturated/α-hetero) is 1. The maximum atomic E-state index is 13.5. The second kappa shape index (κ2) is 8.11. The molecule has 152 valence electrons. The normalized spacial score (nSPS) is 16.0. The molecule has 1 unspecified atom stereocenters. The molecule has 5 nitrogen and oxygen atoms in total. The fourth-order valence-electron chi connectivity index (χ4n) is 4.03. The summed E-state index contributed by atoms with van der Waals surface area (Å²) >= 11 is 1.67. The van der Waals surface area contributed by atoms with Gasteiger partial charge in [0.05, 0.1) is 12.5 Å². The number of ketones is 1. The van der Waals surface area contributed by atoms with E-state index in [1.54, 1.807) is 29.9 Å². The fraction of sp³-hybridized carbons (Fsp3) is 0.435. The topological polar surface area (TPSA) is 61.2 Å². The van der Waals surface area contributed by atoms with Crippen LogP contribution >= 0.6 is 11.3 Å². The summed E-state index contributed by atoms with van der Waals surface area (Å²) in [5.74, 6) is 2.24. The third-order valence-corrected chi connectivity index (χ3v) is 6.85. The Morgan fingerprint density at radius 3 is 2.76 bits per heavy atom. The molecule has 1 aromatic carbocycles. The minimum atomic E-state index is 0.00631. The molecule has 0 spiro atoms. The number of thiophene rings is 1. The minimum absolute atomic E-state index is 0.00631. The second-order valence-corrected chi connectivity index (χ2v) is 9.08. The van der Waals surface area contributed by atoms with Crippen LogP contribution in [-0.4, -0.2) is 22.4 Å². The van der Waals surface area contributed by atoms with Crippen molar-refractivity contribution in [3.63, 3.8) is 0 Å². The Bertz CT molecular complexity index is 1110. The fourth-order valence-corrected chi connectivity index (χ4v) is 5.42. The molecular formula is C23H26N2O3S. The molecular weight excluding hydrogens is 384 g/mol. The smallest absolute Gasteiger partial charge is 0.262 e. The van der Waals surface area contributed by atoms with E-state index in [1.807, 2.05) is 24.3 Å². The van der Waals surface area contributed by atoms with E-state index >= 15 is 0 Å². The van der Waals surface area contributed by atoms with E-state index in [9.17, 15) is 9.59 Å². The second-order valence-electron chi connectivity index (χ2n) is 7.99. The van der Waals surface area contributed by atoms with Crippen LogP contribution in [0.5, 0.6) is 5.75 Å². The Balaban J connectivity index is 1.81. The Morgan fingerprint density at radius 2 is 2.07 bits per heavy atom. The first-order valence-electron chi connectivity index (χ1n) is 10.1. The van der Waals surface area contributed by atoms with Crippen molar-refractivity contribution in [1.29, 1.82) is 0 Å². The van der Waals surface area contributed by atoms with Gasteiger partial charge in [-0.15, -0.1) is 11.3 Å². The number of aryl methyl sites for hydroxylation is 1. The largest absolute Gasteiger partial charge is 0.497 e. The predicted molar refractivity (Wildman–Crippen MR) is 116 cm³/mol. The number of nitrogens with zero attached hydrogens (tertiary/aromatic N) is 2. The molecule has 0 saturated carbocycles. The van der Waals surface area contributed by atoms with Gasteiger partial charge in [-0.1, -0.05) is 19.1 Å². The SMILES string of the molecule is COc1ccc(Cc2nc3sc4c(c3c(=O)n2CCC(C)=O)CCC(C)C4)cc1. The highest BCUT2D eigenvalue weighted by Crippen LogP contribution is 2.36. The van der Waals surface area contributed by atoms with Crippen molar-refractivity contribution in [3.05, 3.63) is 56.4 Å². The molecule has 0 bridgehead atoms. The van der Waals surface area contributed by atoms with Crippen LogP contribution in [0, 0.1) is 5.92 Å². The lowest BCUT2D eigenvalue weighted by atomic mass is 9.89. The van der Waals surface area contributed by atoms with Gasteiger partial charge in [-0.3, -0.25) is 14.2 Å². The molecule has 29 heavy (non-hydrogen) atoms. The van der Waals surface area contributed by atoms with Crippen LogP contribution in [0.1, 0.15) is 48.5 Å². The summed E-state index contributed by atoms with van der Waals surface area (Å²) in [6.45, 7) is 4.21. The average Bonchev–Trinajstić information content (AvgIpc) is 3.05. The number of methoxy groups -OCH3 is 1. The molecule has 0 radical (unpaired) electrons. The monoisotopic (exact) mass is 410 g/mol. The highest BCUT2D eigenvalue weighted by atomic mass is 32.1. The molecule has 2 aromatic heterocycles. The highest BCUT2D eigenvalue weighted by Gasteiger charge is 2.24. The van der Waals surface area contributed by atoms with E-state index in [0.29, 0.717) is 25.3 Å². The molecule has 4 rings (SSSR count). The Hall–Kier alpha value is -2.47. The molecule has 0 aliphatic heterocycles. The number of carbonyl (C=O) groups excluding carboxylic acids is 1. The van der Waals surface area contributed by atoms with Gasteiger partial charge in [0, 0.05) is 24.3 Å². The van der Waals surface area contributed by atoms with Crippen molar-refractivity contribution in [3.8, 4) is 5.75 Å². The van der Waals surface area contributed by atoms with E-state index in [2.05, 4.69) is 6.92 Å². The van der Waals surface area contributed by atoms with Gasteiger partial charge in [-0.05, 0) is 55.4 Å². The zero-order valence-electron chi connectivity index (χ0n) is 17.2. The zero-order valence-corrected chi connectivity index (χ0v) is 18.0. The van der Waals surface area contributed by atoms with Crippen LogP contribution < -0.4 is 10.3 Å². The minimum Gasteiger partial charge on any atom is -0.497 e. The maximum Gasteiger partial charge on any atom is 0.262 e. The third kappa shape index (κ3) is 3.99. The number of aromatic nitrogens is 2. The number of rotatable bonds is 6. The van der Waals surface area contributed by atoms with Gasteiger partial charge in [-0.25, -0.2) is 4.98 Å². The van der Waals surface area contributed by atoms with Crippen LogP contribution in [0.15, 0.2) is 29.1 Å². The standard InChI is InChI=1S/C23H26N2O3S/c1-14-4-9-18-19(12-14)29-22-21(18)23(27)25(11-10-15(2)26)20(24-22)13-16-5-7-17(28-3)8-6-16/h5-8,14H,4,9-13H2,1-3H3. The van der Waals surface area contributed by atoms with Crippen LogP contribution in [0.25, 0.3) is 10.2 Å². The predicted octanol–water partition coefficient (Wildman–Crippen LogP) is 4.16. The van der Waals surface area contributed by atoms with Crippen LogP contribution in [0.3, 0.4) is 0 Å². The molecule has 0 saturated heterocycles. The van der Waals surface area contributed by atoms with Crippen molar-refractivity contribution in [2.24, 2.45) is 5.92 Å². The lowest BCUT2D eigenvalue weighted by Gasteiger charge is -2.18. The van der Waals surface area contributed by atoms with Crippen molar-refractivity contribution < 1.29 is 9.53 Å². The van der Waals surface area contributed by atoms with E-state index in [1.165, 1.54) is 10.4 Å². The summed E-state index contributed by atoms with van der Waals surface area (Å²) in [6, 6.07) is 7.81. The first-order chi connectivity index (χ1) is 14.0. The van der Waals surface area contributed by atoms with Gasteiger partial charge in [0.25, 0.3) is 5.56 Å². The van der Waals surface area contributed by atoms with Gasteiger partial charge in [0.15, 0.2) is 0 Å². The van der Waals surface area contributed by atoms with Gasteiger partial charge >= 0.3 is 0 Å². The van der Waals surface area contributed by atoms with Crippen molar-refractivity contribution in [2.45, 2.75) is 52.5 Å². The van der Waals surface area contributed by atoms with E-state index in [0.717, 1.165) is 46.6 Å². The van der Waals surface area contributed by atoms with E-state index in [-0.39, 0.29) is 11.3 Å². The van der Waals surface area contributed by atoms with Crippen molar-refractivity contribution in [2.75, 3.05) is 7.11 Å². The molecule has 0 fully saturated rings. The summed E-state index contributed by atoms with van der Waals surface area (Å²) in [4.78, 5) is 32.1. The summed E-state index contributed by atoms with van der Waals surface area (Å²) in [5.41, 5.74) is 2.25. The molecule has 6 heteroatoms. The van der Waals surface area contributed by atoms with E-state index < -0.39 is 0 Å². The molecule has 0 amide bonds. The molecule has 0 N–H and O–H groups in total. The number of carbonyl (C=O) groups is 1. The first kappa shape index (κ1) is 19.8. The number of hydrogen-bond donors (Lipinski definition) is 0. The molecule has 2 heterocycles. The Morgan fingerprint density at radius 1 is 1.31 bits per heavy atom. The Kier molecular flexibility index (Phi) is 5.54. The van der Waals surface area contributed by atoms with Crippen molar-refractivity contribution >= 4 is 27.3 Å². The van der Waals surface area contributed by atoms with Crippen molar-refractivity contribution in [1.82, 2.24) is 9.55 Å². The van der Waals surface area contributed by atoms with Gasteiger partial charge in [-0.2, -0.15) is 0 Å². The summed E-state index contributed by atoms with van der Waals surface area (Å²) in [6.07, 6.45) is 3.96.